The molecule has 3 heterocycles. The molecule has 1 aromatic heterocycles. The van der Waals surface area contributed by atoms with Crippen LogP contribution >= 0.6 is 0 Å². The number of hydrogen-bond acceptors (Lipinski definition) is 8. The van der Waals surface area contributed by atoms with E-state index < -0.39 is 47.8 Å². The van der Waals surface area contributed by atoms with Gasteiger partial charge in [-0.1, -0.05) is 17.3 Å². The second kappa shape index (κ2) is 12.3. The number of aromatic nitrogens is 1. The van der Waals surface area contributed by atoms with Gasteiger partial charge in [0.25, 0.3) is 5.91 Å². The number of carbonyl (C=O) groups excluding carboxylic acids is 4. The minimum atomic E-state index is -1.15. The molecule has 2 fully saturated rings. The molecule has 2 aliphatic rings. The average Bonchev–Trinajstić information content (AvgIpc) is 3.47. The van der Waals surface area contributed by atoms with E-state index in [1.165, 1.54) is 35.2 Å². The van der Waals surface area contributed by atoms with Crippen LogP contribution in [0, 0.1) is 24.1 Å². The highest BCUT2D eigenvalue weighted by Gasteiger charge is 2.45. The van der Waals surface area contributed by atoms with Crippen LogP contribution in [0.4, 0.5) is 9.18 Å². The molecule has 0 aliphatic carbocycles. The summed E-state index contributed by atoms with van der Waals surface area (Å²) in [5.74, 6) is -2.11. The molecule has 2 aromatic rings. The van der Waals surface area contributed by atoms with Crippen LogP contribution in [-0.2, 0) is 20.7 Å². The van der Waals surface area contributed by atoms with Crippen LogP contribution in [0.25, 0.3) is 0 Å². The minimum Gasteiger partial charge on any atom is -0.435 e. The Morgan fingerprint density at radius 2 is 1.95 bits per heavy atom. The van der Waals surface area contributed by atoms with Crippen molar-refractivity contribution in [1.29, 1.82) is 5.41 Å². The highest BCUT2D eigenvalue weighted by atomic mass is 19.1. The van der Waals surface area contributed by atoms with Crippen LogP contribution in [0.2, 0.25) is 0 Å². The van der Waals surface area contributed by atoms with E-state index in [2.05, 4.69) is 21.1 Å². The van der Waals surface area contributed by atoms with E-state index in [1.807, 2.05) is 0 Å². The SMILES string of the molecule is Cc1cc(C(=O)N[C@@H](Cc2ccc(F)cc2)C(=O)N[C@@H](C[C@@H]2CCCNC2=O)[C@@H]2OC(=O)N(C(C)C)C2=N)no1. The Bertz CT molecular complexity index is 1280. The molecule has 13 heteroatoms. The summed E-state index contributed by atoms with van der Waals surface area (Å²) >= 11 is 0. The topological polar surface area (TPSA) is 167 Å². The van der Waals surface area contributed by atoms with Crippen LogP contribution < -0.4 is 16.0 Å². The zero-order chi connectivity index (χ0) is 29.0. The van der Waals surface area contributed by atoms with Crippen LogP contribution in [0.15, 0.2) is 34.9 Å². The van der Waals surface area contributed by atoms with Crippen LogP contribution in [0.3, 0.4) is 0 Å². The normalized spacial score (nSPS) is 20.6. The highest BCUT2D eigenvalue weighted by Crippen LogP contribution is 2.26. The van der Waals surface area contributed by atoms with E-state index in [9.17, 15) is 23.6 Å². The summed E-state index contributed by atoms with van der Waals surface area (Å²) in [6, 6.07) is 4.49. The number of piperidine rings is 1. The lowest BCUT2D eigenvalue weighted by atomic mass is 9.89. The van der Waals surface area contributed by atoms with Crippen molar-refractivity contribution in [2.75, 3.05) is 6.54 Å². The number of rotatable bonds is 10. The zero-order valence-electron chi connectivity index (χ0n) is 22.5. The van der Waals surface area contributed by atoms with Crippen LogP contribution in [0.1, 0.15) is 54.9 Å². The number of amides is 4. The summed E-state index contributed by atoms with van der Waals surface area (Å²) in [7, 11) is 0. The number of cyclic esters (lactones) is 1. The van der Waals surface area contributed by atoms with Crippen molar-refractivity contribution in [2.45, 2.75) is 70.7 Å². The molecule has 4 atom stereocenters. The fourth-order valence-electron chi connectivity index (χ4n) is 4.90. The summed E-state index contributed by atoms with van der Waals surface area (Å²) in [6.45, 7) is 5.65. The van der Waals surface area contributed by atoms with Crippen molar-refractivity contribution in [2.24, 2.45) is 5.92 Å². The first kappa shape index (κ1) is 28.7. The van der Waals surface area contributed by atoms with Gasteiger partial charge in [0, 0.05) is 31.0 Å². The number of nitrogens with one attached hydrogen (secondary N) is 4. The monoisotopic (exact) mass is 556 g/mol. The fourth-order valence-corrected chi connectivity index (χ4v) is 4.90. The number of benzene rings is 1. The lowest BCUT2D eigenvalue weighted by Crippen LogP contribution is -2.56. The van der Waals surface area contributed by atoms with E-state index in [1.54, 1.807) is 20.8 Å². The molecule has 0 bridgehead atoms. The maximum absolute atomic E-state index is 13.7. The third-order valence-electron chi connectivity index (χ3n) is 6.94. The molecular formula is C27H33FN6O6. The number of hydrogen-bond donors (Lipinski definition) is 4. The quantitative estimate of drug-likeness (QED) is 0.348. The van der Waals surface area contributed by atoms with Crippen molar-refractivity contribution in [3.63, 3.8) is 0 Å². The summed E-state index contributed by atoms with van der Waals surface area (Å²) in [5.41, 5.74) is 0.552. The summed E-state index contributed by atoms with van der Waals surface area (Å²) < 4.78 is 24.0. The van der Waals surface area contributed by atoms with Gasteiger partial charge in [0.1, 0.15) is 23.5 Å². The van der Waals surface area contributed by atoms with E-state index in [-0.39, 0.29) is 36.3 Å². The van der Waals surface area contributed by atoms with E-state index in [4.69, 9.17) is 14.7 Å². The zero-order valence-corrected chi connectivity index (χ0v) is 22.5. The van der Waals surface area contributed by atoms with Crippen LogP contribution in [0.5, 0.6) is 0 Å². The molecule has 4 N–H and O–H groups in total. The number of amidine groups is 1. The molecular weight excluding hydrogens is 523 g/mol. The molecule has 2 aliphatic heterocycles. The molecule has 214 valence electrons. The van der Waals surface area contributed by atoms with E-state index in [0.29, 0.717) is 24.3 Å². The molecule has 12 nitrogen and oxygen atoms in total. The lowest BCUT2D eigenvalue weighted by Gasteiger charge is -2.30. The van der Waals surface area contributed by atoms with E-state index >= 15 is 0 Å². The second-order valence-electron chi connectivity index (χ2n) is 10.3. The summed E-state index contributed by atoms with van der Waals surface area (Å²) in [4.78, 5) is 52.9. The summed E-state index contributed by atoms with van der Waals surface area (Å²) in [6.07, 6.45) is -0.405. The van der Waals surface area contributed by atoms with Gasteiger partial charge in [-0.15, -0.1) is 0 Å². The highest BCUT2D eigenvalue weighted by molar-refractivity contribution is 6.03. The molecule has 4 rings (SSSR count). The van der Waals surface area contributed by atoms with Crippen molar-refractivity contribution in [1.82, 2.24) is 26.0 Å². The third kappa shape index (κ3) is 6.64. The van der Waals surface area contributed by atoms with Gasteiger partial charge in [0.2, 0.25) is 11.8 Å². The van der Waals surface area contributed by atoms with Crippen molar-refractivity contribution in [3.05, 3.63) is 53.2 Å². The van der Waals surface area contributed by atoms with E-state index in [0.717, 1.165) is 6.42 Å². The van der Waals surface area contributed by atoms with Crippen LogP contribution in [-0.4, -0.2) is 70.5 Å². The Morgan fingerprint density at radius 1 is 1.23 bits per heavy atom. The van der Waals surface area contributed by atoms with Crippen molar-refractivity contribution < 1.29 is 32.8 Å². The Labute approximate surface area is 230 Å². The van der Waals surface area contributed by atoms with Gasteiger partial charge in [-0.25, -0.2) is 9.18 Å². The molecule has 1 aromatic carbocycles. The molecule has 0 spiro atoms. The van der Waals surface area contributed by atoms with Crippen molar-refractivity contribution >= 4 is 29.7 Å². The van der Waals surface area contributed by atoms with Gasteiger partial charge in [0.15, 0.2) is 11.8 Å². The van der Waals surface area contributed by atoms with Crippen molar-refractivity contribution in [3.8, 4) is 0 Å². The van der Waals surface area contributed by atoms with Gasteiger partial charge >= 0.3 is 6.09 Å². The first-order chi connectivity index (χ1) is 19.0. The number of aryl methyl sites for hydroxylation is 1. The van der Waals surface area contributed by atoms with Gasteiger partial charge in [0.05, 0.1) is 6.04 Å². The van der Waals surface area contributed by atoms with Gasteiger partial charge in [-0.05, 0) is 57.7 Å². The minimum absolute atomic E-state index is 0.00530. The fraction of sp³-hybridized carbons (Fsp3) is 0.481. The Hall–Kier alpha value is -4.29. The Morgan fingerprint density at radius 3 is 2.55 bits per heavy atom. The summed E-state index contributed by atoms with van der Waals surface area (Å²) in [5, 5.41) is 20.6. The Kier molecular flexibility index (Phi) is 8.80. The molecule has 0 unspecified atom stereocenters. The number of carbonyl (C=O) groups is 4. The van der Waals surface area contributed by atoms with Gasteiger partial charge in [-0.3, -0.25) is 24.7 Å². The van der Waals surface area contributed by atoms with Gasteiger partial charge in [-0.2, -0.15) is 0 Å². The molecule has 2 saturated heterocycles. The maximum Gasteiger partial charge on any atom is 0.416 e. The maximum atomic E-state index is 13.7. The molecule has 40 heavy (non-hydrogen) atoms. The predicted molar refractivity (Wildman–Crippen MR) is 140 cm³/mol. The largest absolute Gasteiger partial charge is 0.435 e. The second-order valence-corrected chi connectivity index (χ2v) is 10.3. The average molecular weight is 557 g/mol. The molecule has 0 saturated carbocycles. The first-order valence-corrected chi connectivity index (χ1v) is 13.2. The molecule has 0 radical (unpaired) electrons. The standard InChI is InChI=1S/C27H33FN6O6/c1-14(2)34-23(29)22(39-27(34)38)19(13-17-5-4-10-30-24(17)35)31-25(36)20(12-16-6-8-18(28)9-7-16)32-26(37)21-11-15(3)40-33-21/h6-9,11,14,17,19-20,22,29H,4-5,10,12-13H2,1-3H3,(H,30,35)(H,31,36)(H,32,37)/t17-,19-,20-,22-/m0/s1. The Balaban J connectivity index is 1.59. The lowest BCUT2D eigenvalue weighted by molar-refractivity contribution is -0.128. The third-order valence-corrected chi connectivity index (χ3v) is 6.94. The van der Waals surface area contributed by atoms with Gasteiger partial charge < -0.3 is 25.2 Å². The number of ether oxygens (including phenoxy) is 1. The predicted octanol–water partition coefficient (Wildman–Crippen LogP) is 2.07. The number of nitrogens with zero attached hydrogens (tertiary/aromatic N) is 2. The smallest absolute Gasteiger partial charge is 0.416 e. The number of halogens is 1. The first-order valence-electron chi connectivity index (χ1n) is 13.2. The molecule has 4 amide bonds.